The lowest BCUT2D eigenvalue weighted by Crippen LogP contribution is -2.36. The van der Waals surface area contributed by atoms with E-state index in [9.17, 15) is 15.3 Å². The van der Waals surface area contributed by atoms with Gasteiger partial charge in [-0.1, -0.05) is 30.3 Å². The number of rotatable bonds is 7. The van der Waals surface area contributed by atoms with Crippen LogP contribution >= 0.6 is 0 Å². The molecule has 0 aromatic heterocycles. The number of aliphatic hydroxyl groups is 3. The zero-order valence-corrected chi connectivity index (χ0v) is 18.3. The summed E-state index contributed by atoms with van der Waals surface area (Å²) < 4.78 is 12.1. The fourth-order valence-corrected chi connectivity index (χ4v) is 4.86. The molecule has 0 bridgehead atoms. The Morgan fingerprint density at radius 1 is 1.03 bits per heavy atom. The molecule has 3 atom stereocenters. The largest absolute Gasteiger partial charge is 0.485 e. The number of hydrogen-bond donors (Lipinski definition) is 3. The van der Waals surface area contributed by atoms with Crippen molar-refractivity contribution in [1.29, 1.82) is 0 Å². The average Bonchev–Trinajstić information content (AvgIpc) is 3.25. The van der Waals surface area contributed by atoms with Crippen LogP contribution in [-0.4, -0.2) is 46.3 Å². The van der Waals surface area contributed by atoms with E-state index in [0.29, 0.717) is 12.8 Å². The van der Waals surface area contributed by atoms with Crippen LogP contribution in [0.1, 0.15) is 66.9 Å². The van der Waals surface area contributed by atoms with Crippen LogP contribution in [0.3, 0.4) is 0 Å². The highest BCUT2D eigenvalue weighted by molar-refractivity contribution is 5.38. The Morgan fingerprint density at radius 3 is 2.45 bits per heavy atom. The van der Waals surface area contributed by atoms with Gasteiger partial charge in [-0.05, 0) is 73.4 Å². The number of ether oxygens (including phenoxy) is 2. The molecule has 1 aliphatic heterocycles. The maximum atomic E-state index is 10.1. The first-order valence-electron chi connectivity index (χ1n) is 11.4. The van der Waals surface area contributed by atoms with Gasteiger partial charge in [0.1, 0.15) is 11.4 Å². The standard InChI is InChI=1S/C26H34O5/c1-18-4-7-20(25-15-22(29)14-24(16-27)30-25)13-21(18)12-19-5-8-23(9-6-19)31-26(17-28)10-2-3-11-26/h4-9,13,22,24-25,27-29H,2-3,10-12,14-17H2,1H3/t22?,24-,25+/m0/s1. The third-order valence-electron chi connectivity index (χ3n) is 6.78. The molecule has 0 amide bonds. The molecule has 1 aliphatic carbocycles. The molecule has 3 N–H and O–H groups in total. The van der Waals surface area contributed by atoms with Crippen LogP contribution in [0.25, 0.3) is 0 Å². The molecule has 0 radical (unpaired) electrons. The molecule has 5 heteroatoms. The fraction of sp³-hybridized carbons (Fsp3) is 0.538. The zero-order valence-electron chi connectivity index (χ0n) is 18.3. The second-order valence-corrected chi connectivity index (χ2v) is 9.21. The van der Waals surface area contributed by atoms with Gasteiger partial charge in [0, 0.05) is 12.8 Å². The normalized spacial score (nSPS) is 25.5. The van der Waals surface area contributed by atoms with E-state index < -0.39 is 11.7 Å². The molecule has 2 aliphatic rings. The van der Waals surface area contributed by atoms with E-state index in [4.69, 9.17) is 9.47 Å². The molecule has 2 aromatic rings. The van der Waals surface area contributed by atoms with Crippen LogP contribution < -0.4 is 4.74 Å². The van der Waals surface area contributed by atoms with E-state index in [1.54, 1.807) is 0 Å². The summed E-state index contributed by atoms with van der Waals surface area (Å²) in [7, 11) is 0. The van der Waals surface area contributed by atoms with E-state index in [2.05, 4.69) is 37.3 Å². The molecule has 31 heavy (non-hydrogen) atoms. The van der Waals surface area contributed by atoms with E-state index in [-0.39, 0.29) is 25.4 Å². The summed E-state index contributed by atoms with van der Waals surface area (Å²) in [6, 6.07) is 14.5. The third-order valence-corrected chi connectivity index (χ3v) is 6.78. The number of aryl methyl sites for hydroxylation is 1. The maximum absolute atomic E-state index is 10.1. The first kappa shape index (κ1) is 22.3. The van der Waals surface area contributed by atoms with Gasteiger partial charge < -0.3 is 24.8 Å². The highest BCUT2D eigenvalue weighted by atomic mass is 16.5. The minimum absolute atomic E-state index is 0.0653. The van der Waals surface area contributed by atoms with Crippen molar-refractivity contribution in [2.75, 3.05) is 13.2 Å². The van der Waals surface area contributed by atoms with Gasteiger partial charge in [0.05, 0.1) is 31.5 Å². The lowest BCUT2D eigenvalue weighted by atomic mass is 9.92. The summed E-state index contributed by atoms with van der Waals surface area (Å²) in [5, 5.41) is 29.4. The minimum atomic E-state index is -0.449. The molecule has 4 rings (SSSR count). The van der Waals surface area contributed by atoms with Crippen molar-refractivity contribution in [1.82, 2.24) is 0 Å². The van der Waals surface area contributed by atoms with Crippen molar-refractivity contribution in [3.63, 3.8) is 0 Å². The quantitative estimate of drug-likeness (QED) is 0.627. The average molecular weight is 427 g/mol. The second kappa shape index (κ2) is 9.70. The van der Waals surface area contributed by atoms with Gasteiger partial charge in [-0.2, -0.15) is 0 Å². The molecular formula is C26H34O5. The minimum Gasteiger partial charge on any atom is -0.485 e. The molecular weight excluding hydrogens is 392 g/mol. The van der Waals surface area contributed by atoms with Crippen molar-refractivity contribution < 1.29 is 24.8 Å². The molecule has 2 aromatic carbocycles. The monoisotopic (exact) mass is 426 g/mol. The Hall–Kier alpha value is -1.92. The summed E-state index contributed by atoms with van der Waals surface area (Å²) in [6.07, 6.45) is 4.91. The van der Waals surface area contributed by atoms with Crippen LogP contribution in [0.2, 0.25) is 0 Å². The Morgan fingerprint density at radius 2 is 1.77 bits per heavy atom. The predicted molar refractivity (Wildman–Crippen MR) is 119 cm³/mol. The van der Waals surface area contributed by atoms with Crippen LogP contribution in [-0.2, 0) is 11.2 Å². The van der Waals surface area contributed by atoms with E-state index in [1.165, 1.54) is 16.7 Å². The number of hydrogen-bond acceptors (Lipinski definition) is 5. The first-order valence-corrected chi connectivity index (χ1v) is 11.4. The molecule has 0 spiro atoms. The Labute approximate surface area is 184 Å². The fourth-order valence-electron chi connectivity index (χ4n) is 4.86. The van der Waals surface area contributed by atoms with Crippen LogP contribution in [0.5, 0.6) is 5.75 Å². The maximum Gasteiger partial charge on any atom is 0.132 e. The van der Waals surface area contributed by atoms with Gasteiger partial charge >= 0.3 is 0 Å². The summed E-state index contributed by atoms with van der Waals surface area (Å²) in [5.41, 5.74) is 4.25. The highest BCUT2D eigenvalue weighted by Crippen LogP contribution is 2.35. The van der Waals surface area contributed by atoms with Crippen molar-refractivity contribution in [2.24, 2.45) is 0 Å². The summed E-state index contributed by atoms with van der Waals surface area (Å²) in [4.78, 5) is 0. The second-order valence-electron chi connectivity index (χ2n) is 9.21. The first-order chi connectivity index (χ1) is 15.0. The van der Waals surface area contributed by atoms with Crippen LogP contribution in [0.15, 0.2) is 42.5 Å². The van der Waals surface area contributed by atoms with Gasteiger partial charge in [-0.15, -0.1) is 0 Å². The van der Waals surface area contributed by atoms with E-state index in [1.807, 2.05) is 12.1 Å². The van der Waals surface area contributed by atoms with Crippen molar-refractivity contribution >= 4 is 0 Å². The Balaban J connectivity index is 1.46. The predicted octanol–water partition coefficient (Wildman–Crippen LogP) is 3.84. The van der Waals surface area contributed by atoms with Crippen molar-refractivity contribution in [2.45, 2.75) is 75.8 Å². The molecule has 1 saturated carbocycles. The Bertz CT molecular complexity index is 857. The molecule has 5 nitrogen and oxygen atoms in total. The van der Waals surface area contributed by atoms with E-state index in [0.717, 1.165) is 43.4 Å². The van der Waals surface area contributed by atoms with Crippen molar-refractivity contribution in [3.8, 4) is 5.75 Å². The molecule has 1 saturated heterocycles. The number of aliphatic hydroxyl groups excluding tert-OH is 3. The number of benzene rings is 2. The highest BCUT2D eigenvalue weighted by Gasteiger charge is 2.35. The zero-order chi connectivity index (χ0) is 21.8. The topological polar surface area (TPSA) is 79.2 Å². The molecule has 2 fully saturated rings. The van der Waals surface area contributed by atoms with Gasteiger partial charge in [-0.25, -0.2) is 0 Å². The third kappa shape index (κ3) is 5.29. The summed E-state index contributed by atoms with van der Waals surface area (Å²) >= 11 is 0. The lowest BCUT2D eigenvalue weighted by Gasteiger charge is -2.32. The van der Waals surface area contributed by atoms with Gasteiger partial charge in [-0.3, -0.25) is 0 Å². The Kier molecular flexibility index (Phi) is 6.97. The smallest absolute Gasteiger partial charge is 0.132 e. The summed E-state index contributed by atoms with van der Waals surface area (Å²) in [5.74, 6) is 0.810. The van der Waals surface area contributed by atoms with Gasteiger partial charge in [0.15, 0.2) is 0 Å². The van der Waals surface area contributed by atoms with Crippen molar-refractivity contribution in [3.05, 3.63) is 64.7 Å². The molecule has 168 valence electrons. The van der Waals surface area contributed by atoms with Gasteiger partial charge in [0.2, 0.25) is 0 Å². The summed E-state index contributed by atoms with van der Waals surface area (Å²) in [6.45, 7) is 2.10. The van der Waals surface area contributed by atoms with Gasteiger partial charge in [0.25, 0.3) is 0 Å². The SMILES string of the molecule is Cc1ccc([C@H]2CC(O)C[C@@H](CO)O2)cc1Cc1ccc(OC2(CO)CCCC2)cc1. The molecule has 1 unspecified atom stereocenters. The molecule has 1 heterocycles. The van der Waals surface area contributed by atoms with Crippen LogP contribution in [0.4, 0.5) is 0 Å². The van der Waals surface area contributed by atoms with E-state index >= 15 is 0 Å². The van der Waals surface area contributed by atoms with Crippen LogP contribution in [0, 0.1) is 6.92 Å². The lowest BCUT2D eigenvalue weighted by molar-refractivity contribution is -0.113.